The molecule has 0 fully saturated rings. The number of benzene rings is 2. The zero-order chi connectivity index (χ0) is 24.1. The highest BCUT2D eigenvalue weighted by Gasteiger charge is 2.16. The van der Waals surface area contributed by atoms with E-state index in [0.29, 0.717) is 36.0 Å². The molecule has 0 aromatic heterocycles. The Morgan fingerprint density at radius 2 is 1.50 bits per heavy atom. The number of carboxylic acid groups (broad SMARTS) is 1. The van der Waals surface area contributed by atoms with E-state index in [0.717, 1.165) is 24.8 Å². The normalized spacial score (nSPS) is 9.97. The van der Waals surface area contributed by atoms with Crippen molar-refractivity contribution in [1.82, 2.24) is 10.2 Å². The van der Waals surface area contributed by atoms with Gasteiger partial charge in [0.05, 0.1) is 21.3 Å². The molecule has 0 atom stereocenters. The first-order valence-electron chi connectivity index (χ1n) is 9.86. The number of carbonyl (C=O) groups is 2. The summed E-state index contributed by atoms with van der Waals surface area (Å²) in [6, 6.07) is 10.9. The summed E-state index contributed by atoms with van der Waals surface area (Å²) < 4.78 is 21.5. The largest absolute Gasteiger partial charge is 0.493 e. The van der Waals surface area contributed by atoms with Crippen LogP contribution in [0.3, 0.4) is 0 Å². The third-order valence-electron chi connectivity index (χ3n) is 4.11. The van der Waals surface area contributed by atoms with Gasteiger partial charge in [-0.1, -0.05) is 12.1 Å². The third-order valence-corrected chi connectivity index (χ3v) is 4.11. The Hall–Kier alpha value is -3.46. The van der Waals surface area contributed by atoms with Gasteiger partial charge in [0.2, 0.25) is 5.75 Å². The number of carboxylic acids is 1. The molecule has 2 rings (SSSR count). The van der Waals surface area contributed by atoms with Gasteiger partial charge >= 0.3 is 0 Å². The number of likely N-dealkylation sites (N-methyl/N-ethyl adjacent to an activating group) is 1. The Morgan fingerprint density at radius 3 is 1.94 bits per heavy atom. The van der Waals surface area contributed by atoms with Crippen LogP contribution in [0.5, 0.6) is 23.0 Å². The van der Waals surface area contributed by atoms with Crippen LogP contribution >= 0.6 is 0 Å². The Balaban J connectivity index is 0.00000118. The molecular formula is C23H32N2O7. The number of hydrogen-bond donors (Lipinski definition) is 2. The number of carbonyl (C=O) groups excluding carboxylic acids is 1. The molecule has 0 aliphatic rings. The Labute approximate surface area is 188 Å². The summed E-state index contributed by atoms with van der Waals surface area (Å²) in [5, 5.41) is 10.3. The summed E-state index contributed by atoms with van der Waals surface area (Å²) >= 11 is 0. The van der Waals surface area contributed by atoms with Gasteiger partial charge < -0.3 is 34.3 Å². The molecule has 1 amide bonds. The molecule has 2 N–H and O–H groups in total. The van der Waals surface area contributed by atoms with Crippen molar-refractivity contribution < 1.29 is 33.6 Å². The van der Waals surface area contributed by atoms with Crippen molar-refractivity contribution in [3.05, 3.63) is 47.5 Å². The van der Waals surface area contributed by atoms with Crippen molar-refractivity contribution in [3.8, 4) is 23.0 Å². The van der Waals surface area contributed by atoms with Crippen LogP contribution in [-0.2, 0) is 11.3 Å². The molecule has 0 unspecified atom stereocenters. The zero-order valence-corrected chi connectivity index (χ0v) is 19.4. The molecular weight excluding hydrogens is 416 g/mol. The first-order valence-corrected chi connectivity index (χ1v) is 9.86. The molecule has 9 nitrogen and oxygen atoms in total. The molecule has 9 heteroatoms. The van der Waals surface area contributed by atoms with Crippen molar-refractivity contribution in [1.29, 1.82) is 0 Å². The molecule has 0 aliphatic carbocycles. The van der Waals surface area contributed by atoms with Gasteiger partial charge in [0.25, 0.3) is 11.9 Å². The number of rotatable bonds is 10. The van der Waals surface area contributed by atoms with Crippen molar-refractivity contribution in [2.45, 2.75) is 13.5 Å². The minimum absolute atomic E-state index is 0.231. The lowest BCUT2D eigenvalue weighted by molar-refractivity contribution is -0.134. The molecule has 0 aliphatic heterocycles. The van der Waals surface area contributed by atoms with Crippen molar-refractivity contribution >= 4 is 11.9 Å². The molecule has 0 spiro atoms. The SMILES string of the molecule is CC(=O)O.COc1cc(C(=O)NCc2ccc(OCCN(C)C)cc2)cc(OC)c1OC. The smallest absolute Gasteiger partial charge is 0.300 e. The monoisotopic (exact) mass is 448 g/mol. The summed E-state index contributed by atoms with van der Waals surface area (Å²) in [6.45, 7) is 2.96. The van der Waals surface area contributed by atoms with Crippen molar-refractivity contribution in [2.24, 2.45) is 0 Å². The number of ether oxygens (including phenoxy) is 4. The Kier molecular flexibility index (Phi) is 11.4. The number of hydrogen-bond acceptors (Lipinski definition) is 7. The minimum atomic E-state index is -0.833. The van der Waals surface area contributed by atoms with E-state index >= 15 is 0 Å². The summed E-state index contributed by atoms with van der Waals surface area (Å²) in [7, 11) is 8.56. The number of amides is 1. The predicted molar refractivity (Wildman–Crippen MR) is 121 cm³/mol. The van der Waals surface area contributed by atoms with Crippen LogP contribution in [-0.4, -0.2) is 70.5 Å². The van der Waals surface area contributed by atoms with E-state index in [-0.39, 0.29) is 5.91 Å². The zero-order valence-electron chi connectivity index (χ0n) is 19.4. The van der Waals surface area contributed by atoms with Crippen LogP contribution < -0.4 is 24.3 Å². The van der Waals surface area contributed by atoms with Crippen LogP contribution in [0.25, 0.3) is 0 Å². The van der Waals surface area contributed by atoms with Gasteiger partial charge in [-0.25, -0.2) is 0 Å². The number of methoxy groups -OCH3 is 3. The summed E-state index contributed by atoms with van der Waals surface area (Å²) in [6.07, 6.45) is 0. The highest BCUT2D eigenvalue weighted by atomic mass is 16.5. The second-order valence-electron chi connectivity index (χ2n) is 6.91. The molecule has 0 bridgehead atoms. The molecule has 0 saturated heterocycles. The molecule has 2 aromatic rings. The standard InChI is InChI=1S/C21H28N2O5.C2H4O2/c1-23(2)10-11-28-17-8-6-15(7-9-17)14-22-21(24)16-12-18(25-3)20(27-5)19(13-16)26-4;1-2(3)4/h6-9,12-13H,10-11,14H2,1-5H3,(H,22,24);1H3,(H,3,4). The minimum Gasteiger partial charge on any atom is -0.493 e. The van der Waals surface area contributed by atoms with Gasteiger partial charge in [0.15, 0.2) is 11.5 Å². The average Bonchev–Trinajstić information content (AvgIpc) is 2.76. The molecule has 176 valence electrons. The summed E-state index contributed by atoms with van der Waals surface area (Å²) in [5.74, 6) is 1.07. The van der Waals surface area contributed by atoms with E-state index in [9.17, 15) is 4.79 Å². The fraction of sp³-hybridized carbons (Fsp3) is 0.391. The Morgan fingerprint density at radius 1 is 0.969 bits per heavy atom. The first kappa shape index (κ1) is 26.6. The maximum atomic E-state index is 12.5. The van der Waals surface area contributed by atoms with Gasteiger partial charge in [-0.3, -0.25) is 9.59 Å². The topological polar surface area (TPSA) is 107 Å². The molecule has 32 heavy (non-hydrogen) atoms. The van der Waals surface area contributed by atoms with E-state index in [1.807, 2.05) is 38.4 Å². The fourth-order valence-electron chi connectivity index (χ4n) is 2.55. The lowest BCUT2D eigenvalue weighted by Crippen LogP contribution is -2.23. The number of nitrogens with zero attached hydrogens (tertiary/aromatic N) is 1. The van der Waals surface area contributed by atoms with Crippen LogP contribution in [0.4, 0.5) is 0 Å². The fourth-order valence-corrected chi connectivity index (χ4v) is 2.55. The molecule has 0 radical (unpaired) electrons. The lowest BCUT2D eigenvalue weighted by atomic mass is 10.1. The van der Waals surface area contributed by atoms with Crippen molar-refractivity contribution in [2.75, 3.05) is 48.6 Å². The average molecular weight is 449 g/mol. The maximum Gasteiger partial charge on any atom is 0.300 e. The first-order chi connectivity index (χ1) is 15.2. The maximum absolute atomic E-state index is 12.5. The summed E-state index contributed by atoms with van der Waals surface area (Å²) in [4.78, 5) is 23.6. The summed E-state index contributed by atoms with van der Waals surface area (Å²) in [5.41, 5.74) is 1.40. The number of aliphatic carboxylic acids is 1. The van der Waals surface area contributed by atoms with E-state index in [2.05, 4.69) is 10.2 Å². The molecule has 0 saturated carbocycles. The van der Waals surface area contributed by atoms with Gasteiger partial charge in [-0.2, -0.15) is 0 Å². The second-order valence-corrected chi connectivity index (χ2v) is 6.91. The van der Waals surface area contributed by atoms with Gasteiger partial charge in [0, 0.05) is 25.6 Å². The lowest BCUT2D eigenvalue weighted by Gasteiger charge is -2.14. The van der Waals surface area contributed by atoms with Crippen LogP contribution in [0.2, 0.25) is 0 Å². The van der Waals surface area contributed by atoms with E-state index < -0.39 is 5.97 Å². The van der Waals surface area contributed by atoms with Crippen LogP contribution in [0.1, 0.15) is 22.8 Å². The van der Waals surface area contributed by atoms with Crippen molar-refractivity contribution in [3.63, 3.8) is 0 Å². The van der Waals surface area contributed by atoms with Gasteiger partial charge in [-0.15, -0.1) is 0 Å². The quantitative estimate of drug-likeness (QED) is 0.571. The molecule has 2 aromatic carbocycles. The van der Waals surface area contributed by atoms with E-state index in [1.165, 1.54) is 21.3 Å². The Bertz CT molecular complexity index is 838. The van der Waals surface area contributed by atoms with Gasteiger partial charge in [-0.05, 0) is 43.9 Å². The second kappa shape index (κ2) is 13.8. The number of nitrogens with one attached hydrogen (secondary N) is 1. The molecule has 0 heterocycles. The van der Waals surface area contributed by atoms with Crippen LogP contribution in [0, 0.1) is 0 Å². The van der Waals surface area contributed by atoms with E-state index in [1.54, 1.807) is 12.1 Å². The van der Waals surface area contributed by atoms with Gasteiger partial charge in [0.1, 0.15) is 12.4 Å². The van der Waals surface area contributed by atoms with E-state index in [4.69, 9.17) is 28.8 Å². The highest BCUT2D eigenvalue weighted by molar-refractivity contribution is 5.95. The third kappa shape index (κ3) is 9.13. The van der Waals surface area contributed by atoms with Crippen LogP contribution in [0.15, 0.2) is 36.4 Å². The highest BCUT2D eigenvalue weighted by Crippen LogP contribution is 2.38. The predicted octanol–water partition coefficient (Wildman–Crippen LogP) is 2.67.